The zero-order valence-corrected chi connectivity index (χ0v) is 23.5. The maximum atomic E-state index is 7.15. The van der Waals surface area contributed by atoms with Crippen molar-refractivity contribution in [2.45, 2.75) is 141 Å². The van der Waals surface area contributed by atoms with Crippen molar-refractivity contribution in [1.82, 2.24) is 0 Å². The van der Waals surface area contributed by atoms with Gasteiger partial charge < -0.3 is 14.0 Å². The van der Waals surface area contributed by atoms with E-state index in [-0.39, 0.29) is 18.8 Å². The molecule has 2 aliphatic heterocycles. The second-order valence-electron chi connectivity index (χ2n) is 14.9. The van der Waals surface area contributed by atoms with Crippen molar-refractivity contribution >= 4 is 7.12 Å². The highest BCUT2D eigenvalue weighted by Crippen LogP contribution is 2.73. The van der Waals surface area contributed by atoms with Crippen molar-refractivity contribution in [3.8, 4) is 0 Å². The molecule has 2 saturated heterocycles. The Bertz CT molecular complexity index is 854. The lowest BCUT2D eigenvalue weighted by molar-refractivity contribution is -0.241. The third-order valence-corrected chi connectivity index (χ3v) is 12.6. The highest BCUT2D eigenvalue weighted by Gasteiger charge is 2.70. The van der Waals surface area contributed by atoms with Crippen LogP contribution in [0.25, 0.3) is 0 Å². The van der Waals surface area contributed by atoms with Gasteiger partial charge in [-0.1, -0.05) is 51.7 Å². The third-order valence-electron chi connectivity index (χ3n) is 12.6. The van der Waals surface area contributed by atoms with Crippen molar-refractivity contribution < 1.29 is 14.0 Å². The van der Waals surface area contributed by atoms with E-state index in [1.54, 1.807) is 0 Å². The lowest BCUT2D eigenvalue weighted by Gasteiger charge is -2.63. The molecule has 1 spiro atoms. The van der Waals surface area contributed by atoms with Gasteiger partial charge in [-0.05, 0) is 124 Å². The second kappa shape index (κ2) is 9.12. The number of hydrogen-bond donors (Lipinski definition) is 0. The van der Waals surface area contributed by atoms with Crippen molar-refractivity contribution in [3.63, 3.8) is 0 Å². The fraction of sp³-hybridized carbons (Fsp3) is 0.938. The molecule has 4 saturated carbocycles. The lowest BCUT2D eigenvalue weighted by Crippen LogP contribution is -2.62. The number of fused-ring (bicyclic) bond motifs is 9. The van der Waals surface area contributed by atoms with Gasteiger partial charge in [0, 0.05) is 0 Å². The van der Waals surface area contributed by atoms with Crippen molar-refractivity contribution in [1.29, 1.82) is 0 Å². The highest BCUT2D eigenvalue weighted by molar-refractivity contribution is 6.47. The standard InChI is InChI=1S/C32H51BO3/c1-20(2)30-31(3,4)36-33(35-30)21-17-18-29-27(19-21)32(26-15-9-10-16-28(26)34-29)24-13-7-5-11-22(24)23-12-6-8-14-25(23)32/h5,11,20-30H,6-10,12-19H2,1-4H3. The van der Waals surface area contributed by atoms with Gasteiger partial charge >= 0.3 is 7.12 Å². The van der Waals surface area contributed by atoms with Crippen LogP contribution in [-0.2, 0) is 14.0 Å². The Kier molecular flexibility index (Phi) is 6.26. The Labute approximate surface area is 221 Å². The number of allylic oxidation sites excluding steroid dienone is 2. The molecule has 0 N–H and O–H groups in total. The van der Waals surface area contributed by atoms with Gasteiger partial charge in [0.1, 0.15) is 0 Å². The monoisotopic (exact) mass is 494 g/mol. The molecule has 11 atom stereocenters. The Morgan fingerprint density at radius 2 is 1.56 bits per heavy atom. The predicted octanol–water partition coefficient (Wildman–Crippen LogP) is 7.84. The molecule has 200 valence electrons. The maximum Gasteiger partial charge on any atom is 0.460 e. The van der Waals surface area contributed by atoms with E-state index in [1.807, 2.05) is 0 Å². The molecule has 0 radical (unpaired) electrons. The first kappa shape index (κ1) is 24.7. The quantitative estimate of drug-likeness (QED) is 0.289. The first-order valence-corrected chi connectivity index (χ1v) is 16.1. The minimum absolute atomic E-state index is 0.0277. The van der Waals surface area contributed by atoms with Gasteiger partial charge in [0.2, 0.25) is 0 Å². The van der Waals surface area contributed by atoms with E-state index in [9.17, 15) is 0 Å². The number of hydrogen-bond acceptors (Lipinski definition) is 3. The van der Waals surface area contributed by atoms with Gasteiger partial charge in [0.15, 0.2) is 0 Å². The van der Waals surface area contributed by atoms with Gasteiger partial charge in [-0.2, -0.15) is 0 Å². The van der Waals surface area contributed by atoms with Crippen LogP contribution in [0.4, 0.5) is 0 Å². The smallest absolute Gasteiger partial charge is 0.405 e. The number of ether oxygens (including phenoxy) is 1. The van der Waals surface area contributed by atoms with Crippen molar-refractivity contribution in [2.24, 2.45) is 46.8 Å². The molecule has 0 bridgehead atoms. The first-order chi connectivity index (χ1) is 17.4. The molecule has 7 aliphatic rings. The van der Waals surface area contributed by atoms with Crippen molar-refractivity contribution in [2.75, 3.05) is 0 Å². The van der Waals surface area contributed by atoms with Crippen LogP contribution >= 0.6 is 0 Å². The molecular weight excluding hydrogens is 443 g/mol. The summed E-state index contributed by atoms with van der Waals surface area (Å²) in [6.45, 7) is 9.09. The van der Waals surface area contributed by atoms with Gasteiger partial charge in [0.05, 0.1) is 23.9 Å². The summed E-state index contributed by atoms with van der Waals surface area (Å²) < 4.78 is 20.6. The minimum Gasteiger partial charge on any atom is -0.405 e. The summed E-state index contributed by atoms with van der Waals surface area (Å²) in [5.41, 5.74) is 0.310. The van der Waals surface area contributed by atoms with Gasteiger partial charge in [-0.25, -0.2) is 0 Å². The van der Waals surface area contributed by atoms with E-state index in [4.69, 9.17) is 14.0 Å². The summed E-state index contributed by atoms with van der Waals surface area (Å²) in [4.78, 5) is 0. The van der Waals surface area contributed by atoms with E-state index >= 15 is 0 Å². The number of rotatable bonds is 2. The fourth-order valence-electron chi connectivity index (χ4n) is 11.8. The topological polar surface area (TPSA) is 27.7 Å². The summed E-state index contributed by atoms with van der Waals surface area (Å²) in [7, 11) is -0.0277. The molecule has 6 fully saturated rings. The van der Waals surface area contributed by atoms with Gasteiger partial charge in [-0.15, -0.1) is 0 Å². The Morgan fingerprint density at radius 3 is 2.36 bits per heavy atom. The molecule has 36 heavy (non-hydrogen) atoms. The van der Waals surface area contributed by atoms with Crippen LogP contribution in [0.15, 0.2) is 12.2 Å². The van der Waals surface area contributed by atoms with Crippen LogP contribution in [0.2, 0.25) is 5.82 Å². The molecule has 11 unspecified atom stereocenters. The van der Waals surface area contributed by atoms with Crippen molar-refractivity contribution in [3.05, 3.63) is 12.2 Å². The average molecular weight is 495 g/mol. The maximum absolute atomic E-state index is 7.15. The normalized spacial score (nSPS) is 51.6. The Balaban J connectivity index is 1.27. The average Bonchev–Trinajstić information content (AvgIpc) is 3.37. The summed E-state index contributed by atoms with van der Waals surface area (Å²) in [5, 5.41) is 0. The van der Waals surface area contributed by atoms with E-state index in [0.29, 0.717) is 35.3 Å². The molecule has 0 aromatic carbocycles. The van der Waals surface area contributed by atoms with Crippen LogP contribution in [0.3, 0.4) is 0 Å². The van der Waals surface area contributed by atoms with E-state index in [2.05, 4.69) is 39.8 Å². The van der Waals surface area contributed by atoms with Crippen LogP contribution in [0.5, 0.6) is 0 Å². The zero-order chi connectivity index (χ0) is 24.7. The molecule has 4 heteroatoms. The molecule has 0 amide bonds. The molecule has 5 aliphatic carbocycles. The summed E-state index contributed by atoms with van der Waals surface area (Å²) >= 11 is 0. The third kappa shape index (κ3) is 3.55. The molecule has 0 aromatic heterocycles. The highest BCUT2D eigenvalue weighted by atomic mass is 16.7. The zero-order valence-electron chi connectivity index (χ0n) is 23.5. The summed E-state index contributed by atoms with van der Waals surface area (Å²) in [6.07, 6.45) is 24.4. The second-order valence-corrected chi connectivity index (χ2v) is 14.9. The fourth-order valence-corrected chi connectivity index (χ4v) is 11.8. The van der Waals surface area contributed by atoms with Gasteiger partial charge in [0.25, 0.3) is 0 Å². The molecule has 3 nitrogen and oxygen atoms in total. The van der Waals surface area contributed by atoms with Gasteiger partial charge in [-0.3, -0.25) is 0 Å². The summed E-state index contributed by atoms with van der Waals surface area (Å²) in [6, 6.07) is 0. The SMILES string of the molecule is CC(C)C1OB(C2CCC3OC4CCCCC4C4(C3C2)C2CCC=CC2C2CCCCC24)OC1(C)C. The van der Waals surface area contributed by atoms with E-state index in [1.165, 1.54) is 83.5 Å². The Morgan fingerprint density at radius 1 is 0.806 bits per heavy atom. The molecule has 2 heterocycles. The Hall–Kier alpha value is -0.315. The first-order valence-electron chi connectivity index (χ1n) is 16.1. The van der Waals surface area contributed by atoms with Crippen LogP contribution in [-0.4, -0.2) is 31.0 Å². The van der Waals surface area contributed by atoms with E-state index in [0.717, 1.165) is 29.6 Å². The minimum atomic E-state index is -0.189. The van der Waals surface area contributed by atoms with E-state index < -0.39 is 0 Å². The predicted molar refractivity (Wildman–Crippen MR) is 146 cm³/mol. The summed E-state index contributed by atoms with van der Waals surface area (Å²) in [5.74, 6) is 6.10. The van der Waals surface area contributed by atoms with Crippen LogP contribution in [0, 0.1) is 46.8 Å². The lowest BCUT2D eigenvalue weighted by atomic mass is 9.44. The molecule has 7 rings (SSSR count). The largest absolute Gasteiger partial charge is 0.460 e. The van der Waals surface area contributed by atoms with Crippen LogP contribution in [0.1, 0.15) is 111 Å². The molecule has 0 aromatic rings. The molecular formula is C32H51BO3. The van der Waals surface area contributed by atoms with Crippen LogP contribution < -0.4 is 0 Å².